The van der Waals surface area contributed by atoms with Crippen molar-refractivity contribution in [2.75, 3.05) is 13.1 Å². The molecule has 1 atom stereocenters. The second-order valence-corrected chi connectivity index (χ2v) is 5.55. The molecule has 0 bridgehead atoms. The molecule has 1 aromatic heterocycles. The van der Waals surface area contributed by atoms with Crippen molar-refractivity contribution in [2.24, 2.45) is 0 Å². The fourth-order valence-electron chi connectivity index (χ4n) is 2.07. The summed E-state index contributed by atoms with van der Waals surface area (Å²) in [6.45, 7) is 5.18. The lowest BCUT2D eigenvalue weighted by molar-refractivity contribution is 0.0932. The van der Waals surface area contributed by atoms with Crippen molar-refractivity contribution < 1.29 is 9.53 Å². The summed E-state index contributed by atoms with van der Waals surface area (Å²) in [5.74, 6) is 0. The highest BCUT2D eigenvalue weighted by Crippen LogP contribution is 2.16. The van der Waals surface area contributed by atoms with Gasteiger partial charge in [0.1, 0.15) is 6.10 Å². The summed E-state index contributed by atoms with van der Waals surface area (Å²) in [5, 5.41) is 3.36. The fraction of sp³-hybridized carbons (Fsp3) is 0.615. The monoisotopic (exact) mass is 298 g/mol. The largest absolute Gasteiger partial charge is 0.458 e. The molecule has 2 amide bonds. The fourth-order valence-corrected chi connectivity index (χ4v) is 2.17. The molecular formula is C13H19ClN4O2. The molecule has 6 nitrogen and oxygen atoms in total. The van der Waals surface area contributed by atoms with Crippen LogP contribution in [0.1, 0.15) is 26.7 Å². The summed E-state index contributed by atoms with van der Waals surface area (Å²) in [6.07, 6.45) is 4.70. The minimum atomic E-state index is -0.0807. The zero-order valence-corrected chi connectivity index (χ0v) is 12.4. The highest BCUT2D eigenvalue weighted by molar-refractivity contribution is 6.30. The van der Waals surface area contributed by atoms with Crippen LogP contribution in [0.15, 0.2) is 12.4 Å². The van der Waals surface area contributed by atoms with Crippen LogP contribution in [-0.2, 0) is 0 Å². The molecule has 1 fully saturated rings. The predicted octanol–water partition coefficient (Wildman–Crippen LogP) is 2.09. The van der Waals surface area contributed by atoms with E-state index in [0.29, 0.717) is 17.6 Å². The number of hydrogen-bond acceptors (Lipinski definition) is 4. The number of carbonyl (C=O) groups excluding carboxylic acids is 1. The van der Waals surface area contributed by atoms with Crippen molar-refractivity contribution in [1.29, 1.82) is 0 Å². The Morgan fingerprint density at radius 3 is 2.85 bits per heavy atom. The number of piperidine rings is 1. The van der Waals surface area contributed by atoms with E-state index in [-0.39, 0.29) is 18.2 Å². The first kappa shape index (κ1) is 14.8. The van der Waals surface area contributed by atoms with Gasteiger partial charge >= 0.3 is 12.0 Å². The van der Waals surface area contributed by atoms with E-state index in [4.69, 9.17) is 16.3 Å². The number of rotatable bonds is 3. The van der Waals surface area contributed by atoms with Crippen LogP contribution < -0.4 is 10.1 Å². The van der Waals surface area contributed by atoms with Gasteiger partial charge in [0.15, 0.2) is 0 Å². The highest BCUT2D eigenvalue weighted by Gasteiger charge is 2.25. The van der Waals surface area contributed by atoms with Crippen molar-refractivity contribution >= 4 is 17.6 Å². The summed E-state index contributed by atoms with van der Waals surface area (Å²) in [6, 6.07) is 0.374. The third-order valence-corrected chi connectivity index (χ3v) is 3.14. The molecule has 1 aromatic rings. The Bertz CT molecular complexity index is 452. The molecule has 110 valence electrons. The summed E-state index contributed by atoms with van der Waals surface area (Å²) in [7, 11) is 0. The van der Waals surface area contributed by atoms with Crippen LogP contribution in [0.25, 0.3) is 0 Å². The van der Waals surface area contributed by atoms with Crippen LogP contribution in [0, 0.1) is 0 Å². The number of ether oxygens (including phenoxy) is 1. The quantitative estimate of drug-likeness (QED) is 0.928. The van der Waals surface area contributed by atoms with Crippen LogP contribution in [-0.4, -0.2) is 46.1 Å². The molecule has 7 heteroatoms. The number of halogens is 1. The van der Waals surface area contributed by atoms with Gasteiger partial charge in [0.05, 0.1) is 24.0 Å². The van der Waals surface area contributed by atoms with E-state index >= 15 is 0 Å². The average molecular weight is 299 g/mol. The van der Waals surface area contributed by atoms with Gasteiger partial charge in [0.2, 0.25) is 0 Å². The molecule has 0 aromatic carbocycles. The molecule has 0 aliphatic carbocycles. The molecule has 0 radical (unpaired) electrons. The number of amides is 2. The summed E-state index contributed by atoms with van der Waals surface area (Å²) >= 11 is 5.73. The number of urea groups is 1. The SMILES string of the molecule is CC(C)NC(=O)N1CCCC(Oc2ncc(Cl)cn2)C1. The van der Waals surface area contributed by atoms with E-state index in [1.807, 2.05) is 13.8 Å². The summed E-state index contributed by atoms with van der Waals surface area (Å²) in [5.41, 5.74) is 0. The van der Waals surface area contributed by atoms with E-state index < -0.39 is 0 Å². The molecular weight excluding hydrogens is 280 g/mol. The molecule has 2 rings (SSSR count). The molecule has 2 heterocycles. The molecule has 1 saturated heterocycles. The van der Waals surface area contributed by atoms with Crippen molar-refractivity contribution in [1.82, 2.24) is 20.2 Å². The van der Waals surface area contributed by atoms with Crippen molar-refractivity contribution in [3.63, 3.8) is 0 Å². The average Bonchev–Trinajstić information content (AvgIpc) is 2.41. The van der Waals surface area contributed by atoms with E-state index in [2.05, 4.69) is 15.3 Å². The first-order valence-corrected chi connectivity index (χ1v) is 7.12. The lowest BCUT2D eigenvalue weighted by Gasteiger charge is -2.32. The second kappa shape index (κ2) is 6.74. The van der Waals surface area contributed by atoms with Gasteiger partial charge in [-0.1, -0.05) is 11.6 Å². The molecule has 1 aliphatic heterocycles. The highest BCUT2D eigenvalue weighted by atomic mass is 35.5. The normalized spacial score (nSPS) is 19.0. The third-order valence-electron chi connectivity index (χ3n) is 2.95. The Kier molecular flexibility index (Phi) is 5.00. The van der Waals surface area contributed by atoms with Gasteiger partial charge in [-0.25, -0.2) is 14.8 Å². The lowest BCUT2D eigenvalue weighted by Crippen LogP contribution is -2.50. The summed E-state index contributed by atoms with van der Waals surface area (Å²) < 4.78 is 5.69. The molecule has 20 heavy (non-hydrogen) atoms. The Labute approximate surface area is 123 Å². The molecule has 1 aliphatic rings. The van der Waals surface area contributed by atoms with Crippen LogP contribution in [0.5, 0.6) is 6.01 Å². The maximum Gasteiger partial charge on any atom is 0.317 e. The Morgan fingerprint density at radius 2 is 2.20 bits per heavy atom. The van der Waals surface area contributed by atoms with Gasteiger partial charge in [-0.2, -0.15) is 0 Å². The van der Waals surface area contributed by atoms with E-state index in [1.54, 1.807) is 4.90 Å². The zero-order chi connectivity index (χ0) is 14.5. The van der Waals surface area contributed by atoms with Gasteiger partial charge in [-0.3, -0.25) is 0 Å². The van der Waals surface area contributed by atoms with Crippen molar-refractivity contribution in [3.8, 4) is 6.01 Å². The second-order valence-electron chi connectivity index (χ2n) is 5.12. The van der Waals surface area contributed by atoms with Crippen molar-refractivity contribution in [3.05, 3.63) is 17.4 Å². The Hall–Kier alpha value is -1.56. The molecule has 1 N–H and O–H groups in total. The van der Waals surface area contributed by atoms with Gasteiger partial charge in [0.25, 0.3) is 0 Å². The van der Waals surface area contributed by atoms with Gasteiger partial charge in [-0.05, 0) is 26.7 Å². The van der Waals surface area contributed by atoms with Gasteiger partial charge in [0, 0.05) is 12.6 Å². The van der Waals surface area contributed by atoms with Crippen LogP contribution >= 0.6 is 11.6 Å². The van der Waals surface area contributed by atoms with E-state index in [9.17, 15) is 4.79 Å². The zero-order valence-electron chi connectivity index (χ0n) is 11.7. The molecule has 0 saturated carbocycles. The van der Waals surface area contributed by atoms with Gasteiger partial charge < -0.3 is 15.0 Å². The van der Waals surface area contributed by atoms with Crippen LogP contribution in [0.4, 0.5) is 4.79 Å². The molecule has 1 unspecified atom stereocenters. The first-order chi connectivity index (χ1) is 9.54. The van der Waals surface area contributed by atoms with Crippen molar-refractivity contribution in [2.45, 2.75) is 38.8 Å². The standard InChI is InChI=1S/C13H19ClN4O2/c1-9(2)17-13(19)18-5-3-4-11(8-18)20-12-15-6-10(14)7-16-12/h6-7,9,11H,3-5,8H2,1-2H3,(H,17,19). The predicted molar refractivity (Wildman–Crippen MR) is 75.9 cm³/mol. The number of aromatic nitrogens is 2. The summed E-state index contributed by atoms with van der Waals surface area (Å²) in [4.78, 5) is 21.7. The van der Waals surface area contributed by atoms with Gasteiger partial charge in [-0.15, -0.1) is 0 Å². The lowest BCUT2D eigenvalue weighted by atomic mass is 10.1. The Morgan fingerprint density at radius 1 is 1.50 bits per heavy atom. The van der Waals surface area contributed by atoms with E-state index in [0.717, 1.165) is 19.4 Å². The third kappa shape index (κ3) is 4.23. The minimum absolute atomic E-state index is 0.0506. The topological polar surface area (TPSA) is 67.4 Å². The smallest absolute Gasteiger partial charge is 0.317 e. The molecule has 0 spiro atoms. The number of hydrogen-bond donors (Lipinski definition) is 1. The van der Waals surface area contributed by atoms with Crippen LogP contribution in [0.3, 0.4) is 0 Å². The number of likely N-dealkylation sites (tertiary alicyclic amines) is 1. The number of nitrogens with one attached hydrogen (secondary N) is 1. The maximum absolute atomic E-state index is 12.0. The van der Waals surface area contributed by atoms with E-state index in [1.165, 1.54) is 12.4 Å². The maximum atomic E-state index is 12.0. The first-order valence-electron chi connectivity index (χ1n) is 6.74. The number of carbonyl (C=O) groups is 1. The number of nitrogens with zero attached hydrogens (tertiary/aromatic N) is 3. The van der Waals surface area contributed by atoms with Crippen LogP contribution in [0.2, 0.25) is 5.02 Å². The minimum Gasteiger partial charge on any atom is -0.458 e. The Balaban J connectivity index is 1.90.